The van der Waals surface area contributed by atoms with Crippen molar-refractivity contribution in [1.29, 1.82) is 0 Å². The normalized spacial score (nSPS) is 20.4. The Hall–Kier alpha value is -0.830. The summed E-state index contributed by atoms with van der Waals surface area (Å²) in [5, 5.41) is 0. The van der Waals surface area contributed by atoms with Crippen LogP contribution in [0.4, 0.5) is 0 Å². The van der Waals surface area contributed by atoms with Gasteiger partial charge in [-0.15, -0.1) is 0 Å². The number of halogens is 1. The molecule has 2 amide bonds. The average molecular weight is 160 g/mol. The first-order valence-electron chi connectivity index (χ1n) is 2.82. The summed E-state index contributed by atoms with van der Waals surface area (Å²) in [4.78, 5) is 22.5. The fourth-order valence-electron chi connectivity index (χ4n) is 0.762. The Morgan fingerprint density at radius 1 is 1.40 bits per heavy atom. The van der Waals surface area contributed by atoms with Crippen LogP contribution >= 0.6 is 11.6 Å². The van der Waals surface area contributed by atoms with Crippen molar-refractivity contribution in [2.45, 2.75) is 12.4 Å². The molecule has 0 fully saturated rings. The van der Waals surface area contributed by atoms with Crippen molar-refractivity contribution in [2.24, 2.45) is 0 Å². The summed E-state index contributed by atoms with van der Waals surface area (Å²) in [5.41, 5.74) is -0.560. The third-order valence-electron chi connectivity index (χ3n) is 1.20. The van der Waals surface area contributed by atoms with Crippen LogP contribution in [0.25, 0.3) is 0 Å². The highest BCUT2D eigenvalue weighted by atomic mass is 35.5. The monoisotopic (exact) mass is 159 g/mol. The van der Waals surface area contributed by atoms with Crippen molar-refractivity contribution in [2.75, 3.05) is 0 Å². The highest BCUT2D eigenvalue weighted by Gasteiger charge is 2.26. The molecular formula is C6H6ClNO2. The maximum Gasteiger partial charge on any atom is 0.254 e. The van der Waals surface area contributed by atoms with E-state index in [1.807, 2.05) is 0 Å². The van der Waals surface area contributed by atoms with Crippen LogP contribution < -0.4 is 0 Å². The minimum absolute atomic E-state index is 0.340. The summed E-state index contributed by atoms with van der Waals surface area (Å²) in [6, 6.07) is 0. The molecule has 0 unspecified atom stereocenters. The van der Waals surface area contributed by atoms with Gasteiger partial charge >= 0.3 is 0 Å². The van der Waals surface area contributed by atoms with E-state index >= 15 is 0 Å². The van der Waals surface area contributed by atoms with Gasteiger partial charge in [0.15, 0.2) is 0 Å². The van der Waals surface area contributed by atoms with Crippen LogP contribution in [0.5, 0.6) is 0 Å². The molecule has 0 aromatic heterocycles. The Morgan fingerprint density at radius 2 is 1.80 bits per heavy atom. The van der Waals surface area contributed by atoms with E-state index in [9.17, 15) is 9.59 Å². The van der Waals surface area contributed by atoms with Gasteiger partial charge in [-0.3, -0.25) is 14.5 Å². The molecule has 1 atom stereocenters. The number of carbonyl (C=O) groups is 2. The third-order valence-corrected chi connectivity index (χ3v) is 1.39. The van der Waals surface area contributed by atoms with E-state index in [2.05, 4.69) is 0 Å². The second kappa shape index (κ2) is 2.42. The Balaban J connectivity index is 2.79. The maximum atomic E-state index is 10.8. The highest BCUT2D eigenvalue weighted by molar-refractivity contribution is 6.25. The molecule has 0 N–H and O–H groups in total. The molecule has 0 aromatic carbocycles. The van der Waals surface area contributed by atoms with E-state index in [1.165, 1.54) is 12.2 Å². The van der Waals surface area contributed by atoms with E-state index in [-0.39, 0.29) is 11.8 Å². The van der Waals surface area contributed by atoms with E-state index in [1.54, 1.807) is 6.92 Å². The number of rotatable bonds is 1. The summed E-state index contributed by atoms with van der Waals surface area (Å²) in [6.45, 7) is 1.57. The van der Waals surface area contributed by atoms with Gasteiger partial charge in [-0.25, -0.2) is 0 Å². The molecule has 3 nitrogen and oxygen atoms in total. The average Bonchev–Trinajstić information content (AvgIpc) is 2.11. The molecule has 10 heavy (non-hydrogen) atoms. The van der Waals surface area contributed by atoms with Gasteiger partial charge in [-0.05, 0) is 6.92 Å². The van der Waals surface area contributed by atoms with Gasteiger partial charge in [0.2, 0.25) is 0 Å². The van der Waals surface area contributed by atoms with E-state index in [4.69, 9.17) is 11.6 Å². The third kappa shape index (κ3) is 1.04. The number of carbonyl (C=O) groups excluding carboxylic acids is 2. The maximum absolute atomic E-state index is 10.8. The summed E-state index contributed by atoms with van der Waals surface area (Å²) < 4.78 is 0. The molecule has 0 aliphatic carbocycles. The van der Waals surface area contributed by atoms with Crippen molar-refractivity contribution < 1.29 is 9.59 Å². The number of imide groups is 1. The van der Waals surface area contributed by atoms with Gasteiger partial charge in [-0.2, -0.15) is 0 Å². The molecule has 0 bridgehead atoms. The van der Waals surface area contributed by atoms with Crippen LogP contribution in [0, 0.1) is 0 Å². The minimum atomic E-state index is -0.560. The Bertz CT molecular complexity index is 192. The fourth-order valence-corrected chi connectivity index (χ4v) is 0.955. The lowest BCUT2D eigenvalue weighted by Crippen LogP contribution is -2.34. The van der Waals surface area contributed by atoms with Gasteiger partial charge in [0, 0.05) is 12.2 Å². The van der Waals surface area contributed by atoms with Crippen molar-refractivity contribution in [3.63, 3.8) is 0 Å². The van der Waals surface area contributed by atoms with Crippen LogP contribution in [0.15, 0.2) is 12.2 Å². The quantitative estimate of drug-likeness (QED) is 0.317. The topological polar surface area (TPSA) is 37.4 Å². The standard InChI is InChI=1S/C6H6ClNO2/c1-4(7)8-5(9)2-3-6(8)10/h2-4H,1H3/t4-/m1/s1. The lowest BCUT2D eigenvalue weighted by molar-refractivity contribution is -0.137. The zero-order chi connectivity index (χ0) is 7.72. The highest BCUT2D eigenvalue weighted by Crippen LogP contribution is 2.10. The summed E-state index contributed by atoms with van der Waals surface area (Å²) >= 11 is 5.52. The van der Waals surface area contributed by atoms with Crippen molar-refractivity contribution in [3.8, 4) is 0 Å². The van der Waals surface area contributed by atoms with Gasteiger partial charge < -0.3 is 0 Å². The molecule has 54 valence electrons. The molecule has 0 radical (unpaired) electrons. The van der Waals surface area contributed by atoms with Gasteiger partial charge in [0.1, 0.15) is 5.50 Å². The first kappa shape index (κ1) is 7.28. The Morgan fingerprint density at radius 3 is 2.00 bits per heavy atom. The summed E-state index contributed by atoms with van der Waals surface area (Å²) in [6.07, 6.45) is 2.42. The molecule has 4 heteroatoms. The van der Waals surface area contributed by atoms with Gasteiger partial charge in [-0.1, -0.05) is 11.6 Å². The van der Waals surface area contributed by atoms with Crippen LogP contribution in [0.3, 0.4) is 0 Å². The molecule has 0 aromatic rings. The van der Waals surface area contributed by atoms with Crippen LogP contribution in [0.1, 0.15) is 6.92 Å². The molecule has 1 heterocycles. The fraction of sp³-hybridized carbons (Fsp3) is 0.333. The number of nitrogens with zero attached hydrogens (tertiary/aromatic N) is 1. The molecule has 1 rings (SSSR count). The van der Waals surface area contributed by atoms with Gasteiger partial charge in [0.05, 0.1) is 0 Å². The van der Waals surface area contributed by atoms with E-state index < -0.39 is 5.50 Å². The Kier molecular flexibility index (Phi) is 1.76. The van der Waals surface area contributed by atoms with Crippen molar-refractivity contribution >= 4 is 23.4 Å². The van der Waals surface area contributed by atoms with Gasteiger partial charge in [0.25, 0.3) is 11.8 Å². The zero-order valence-electron chi connectivity index (χ0n) is 5.37. The molecular weight excluding hydrogens is 154 g/mol. The molecule has 0 saturated heterocycles. The molecule has 0 spiro atoms. The Labute approximate surface area is 63.3 Å². The molecule has 1 aliphatic heterocycles. The van der Waals surface area contributed by atoms with E-state index in [0.717, 1.165) is 4.90 Å². The molecule has 1 aliphatic rings. The van der Waals surface area contributed by atoms with E-state index in [0.29, 0.717) is 0 Å². The van der Waals surface area contributed by atoms with Crippen LogP contribution in [-0.4, -0.2) is 22.2 Å². The minimum Gasteiger partial charge on any atom is -0.269 e. The molecule has 0 saturated carbocycles. The summed E-state index contributed by atoms with van der Waals surface area (Å²) in [5.74, 6) is -0.681. The number of amides is 2. The SMILES string of the molecule is C[C@H](Cl)N1C(=O)C=CC1=O. The number of hydrogen-bond acceptors (Lipinski definition) is 2. The largest absolute Gasteiger partial charge is 0.269 e. The lowest BCUT2D eigenvalue weighted by Gasteiger charge is -2.15. The van der Waals surface area contributed by atoms with Crippen LogP contribution in [-0.2, 0) is 9.59 Å². The predicted octanol–water partition coefficient (Wildman–Crippen LogP) is 0.496. The van der Waals surface area contributed by atoms with Crippen LogP contribution in [0.2, 0.25) is 0 Å². The number of alkyl halides is 1. The smallest absolute Gasteiger partial charge is 0.254 e. The first-order chi connectivity index (χ1) is 4.63. The zero-order valence-corrected chi connectivity index (χ0v) is 6.13. The summed E-state index contributed by atoms with van der Waals surface area (Å²) in [7, 11) is 0. The number of hydrogen-bond donors (Lipinski definition) is 0. The van der Waals surface area contributed by atoms with Crippen molar-refractivity contribution in [1.82, 2.24) is 4.90 Å². The second-order valence-electron chi connectivity index (χ2n) is 1.95. The second-order valence-corrected chi connectivity index (χ2v) is 2.59. The predicted molar refractivity (Wildman–Crippen MR) is 36.3 cm³/mol. The van der Waals surface area contributed by atoms with Crippen molar-refractivity contribution in [3.05, 3.63) is 12.2 Å². The first-order valence-corrected chi connectivity index (χ1v) is 3.26. The lowest BCUT2D eigenvalue weighted by atomic mass is 10.5.